The fourth-order valence-electron chi connectivity index (χ4n) is 8.10. The lowest BCUT2D eigenvalue weighted by Gasteiger charge is -2.18. The van der Waals surface area contributed by atoms with Crippen LogP contribution in [0, 0.1) is 0 Å². The molecule has 0 heterocycles. The number of carbonyl (C=O) groups excluding carboxylic acids is 3. The molecule has 0 N–H and O–H groups in total. The Morgan fingerprint density at radius 1 is 0.323 bits per heavy atom. The van der Waals surface area contributed by atoms with Crippen molar-refractivity contribution < 1.29 is 28.6 Å². The first kappa shape index (κ1) is 62.4. The number of hydrogen-bond donors (Lipinski definition) is 0. The van der Waals surface area contributed by atoms with Crippen LogP contribution in [0.4, 0.5) is 0 Å². The second kappa shape index (κ2) is 54.0. The molecule has 0 aromatic rings. The zero-order chi connectivity index (χ0) is 47.2. The van der Waals surface area contributed by atoms with Gasteiger partial charge in [0.25, 0.3) is 0 Å². The normalized spacial score (nSPS) is 12.4. The van der Waals surface area contributed by atoms with Crippen LogP contribution in [-0.2, 0) is 28.6 Å². The van der Waals surface area contributed by atoms with Crippen molar-refractivity contribution in [2.45, 2.75) is 297 Å². The first-order valence-electron chi connectivity index (χ1n) is 28.1. The molecule has 6 nitrogen and oxygen atoms in total. The molecule has 0 aliphatic carbocycles. The number of allylic oxidation sites excluding steroid dienone is 8. The second-order valence-electron chi connectivity index (χ2n) is 18.8. The summed E-state index contributed by atoms with van der Waals surface area (Å²) in [6.07, 6.45) is 65.2. The third-order valence-corrected chi connectivity index (χ3v) is 12.3. The molecule has 0 rings (SSSR count). The van der Waals surface area contributed by atoms with E-state index in [1.807, 2.05) is 0 Å². The number of esters is 3. The van der Waals surface area contributed by atoms with Crippen LogP contribution in [0.15, 0.2) is 48.6 Å². The summed E-state index contributed by atoms with van der Waals surface area (Å²) in [5, 5.41) is 0. The Morgan fingerprint density at radius 3 is 0.954 bits per heavy atom. The molecule has 0 fully saturated rings. The largest absolute Gasteiger partial charge is 0.462 e. The topological polar surface area (TPSA) is 78.9 Å². The van der Waals surface area contributed by atoms with Gasteiger partial charge in [0, 0.05) is 19.3 Å². The Bertz CT molecular complexity index is 1140. The maximum absolute atomic E-state index is 12.8. The molecule has 0 spiro atoms. The molecule has 378 valence electrons. The van der Waals surface area contributed by atoms with Crippen LogP contribution < -0.4 is 0 Å². The van der Waals surface area contributed by atoms with E-state index in [9.17, 15) is 14.4 Å². The van der Waals surface area contributed by atoms with Crippen molar-refractivity contribution >= 4 is 17.9 Å². The number of carbonyl (C=O) groups is 3. The smallest absolute Gasteiger partial charge is 0.306 e. The van der Waals surface area contributed by atoms with Gasteiger partial charge in [-0.3, -0.25) is 14.4 Å². The van der Waals surface area contributed by atoms with Gasteiger partial charge in [-0.05, 0) is 77.0 Å². The lowest BCUT2D eigenvalue weighted by Crippen LogP contribution is -2.30. The number of ether oxygens (including phenoxy) is 3. The first-order valence-corrected chi connectivity index (χ1v) is 28.1. The quantitative estimate of drug-likeness (QED) is 0.0262. The van der Waals surface area contributed by atoms with Crippen molar-refractivity contribution in [3.05, 3.63) is 48.6 Å². The minimum atomic E-state index is -0.781. The van der Waals surface area contributed by atoms with Gasteiger partial charge in [0.05, 0.1) is 0 Å². The summed E-state index contributed by atoms with van der Waals surface area (Å²) in [5.74, 6) is -0.887. The van der Waals surface area contributed by atoms with Crippen LogP contribution >= 0.6 is 0 Å². The monoisotopic (exact) mass is 911 g/mol. The van der Waals surface area contributed by atoms with E-state index < -0.39 is 6.10 Å². The second-order valence-corrected chi connectivity index (χ2v) is 18.8. The van der Waals surface area contributed by atoms with Crippen molar-refractivity contribution in [3.63, 3.8) is 0 Å². The standard InChI is InChI=1S/C59H106O6/c1-4-7-10-13-16-19-22-25-28-29-32-34-37-40-43-46-49-52-58(61)64-55-56(65-59(62)53-50-47-44-41-38-35-31-27-24-21-18-15-12-9-6-3)54-63-57(60)51-48-45-42-39-36-33-30-26-23-20-17-14-11-8-5-2/h9,12,18,21,25,27-28,31,56H,4-8,10-11,13-17,19-20,22-24,26,29-30,32-55H2,1-3H3/b12-9-,21-18-,28-25-,31-27-/t56-/m1/s1. The Hall–Kier alpha value is -2.63. The predicted octanol–water partition coefficient (Wildman–Crippen LogP) is 18.7. The van der Waals surface area contributed by atoms with Crippen molar-refractivity contribution in [1.29, 1.82) is 0 Å². The highest BCUT2D eigenvalue weighted by Crippen LogP contribution is 2.16. The van der Waals surface area contributed by atoms with E-state index in [2.05, 4.69) is 69.4 Å². The van der Waals surface area contributed by atoms with E-state index in [1.54, 1.807) is 0 Å². The van der Waals surface area contributed by atoms with E-state index in [4.69, 9.17) is 14.2 Å². The van der Waals surface area contributed by atoms with E-state index in [0.717, 1.165) is 96.3 Å². The van der Waals surface area contributed by atoms with E-state index in [0.29, 0.717) is 19.3 Å². The average Bonchev–Trinajstić information content (AvgIpc) is 3.30. The third-order valence-electron chi connectivity index (χ3n) is 12.3. The molecule has 0 aliphatic rings. The third kappa shape index (κ3) is 52.2. The SMILES string of the molecule is CC/C=C\C/C=C\C/C=C\CCCCCCCC(=O)O[C@@H](COC(=O)CCCCCCCCC/C=C\CCCCCCCC)COC(=O)CCCCCCCCCCCCCCCCC. The van der Waals surface area contributed by atoms with Gasteiger partial charge in [0.15, 0.2) is 6.10 Å². The van der Waals surface area contributed by atoms with Crippen LogP contribution in [0.25, 0.3) is 0 Å². The molecule has 0 bridgehead atoms. The van der Waals surface area contributed by atoms with Crippen molar-refractivity contribution in [2.75, 3.05) is 13.2 Å². The average molecular weight is 911 g/mol. The summed E-state index contributed by atoms with van der Waals surface area (Å²) in [6.45, 7) is 6.54. The minimum absolute atomic E-state index is 0.0786. The lowest BCUT2D eigenvalue weighted by atomic mass is 10.0. The van der Waals surface area contributed by atoms with Gasteiger partial charge in [-0.15, -0.1) is 0 Å². The molecule has 6 heteroatoms. The molecular formula is C59H106O6. The lowest BCUT2D eigenvalue weighted by molar-refractivity contribution is -0.167. The van der Waals surface area contributed by atoms with E-state index >= 15 is 0 Å². The maximum Gasteiger partial charge on any atom is 0.306 e. The summed E-state index contributed by atoms with van der Waals surface area (Å²) >= 11 is 0. The number of hydrogen-bond acceptors (Lipinski definition) is 6. The Labute approximate surface area is 403 Å². The summed E-state index contributed by atoms with van der Waals surface area (Å²) in [6, 6.07) is 0. The highest BCUT2D eigenvalue weighted by atomic mass is 16.6. The van der Waals surface area contributed by atoms with Crippen molar-refractivity contribution in [2.24, 2.45) is 0 Å². The molecule has 0 aromatic carbocycles. The van der Waals surface area contributed by atoms with Crippen molar-refractivity contribution in [1.82, 2.24) is 0 Å². The molecule has 0 amide bonds. The van der Waals surface area contributed by atoms with Gasteiger partial charge < -0.3 is 14.2 Å². The van der Waals surface area contributed by atoms with Crippen LogP contribution in [0.5, 0.6) is 0 Å². The van der Waals surface area contributed by atoms with Gasteiger partial charge in [-0.2, -0.15) is 0 Å². The zero-order valence-electron chi connectivity index (χ0n) is 43.3. The minimum Gasteiger partial charge on any atom is -0.462 e. The van der Waals surface area contributed by atoms with Crippen LogP contribution in [-0.4, -0.2) is 37.2 Å². The summed E-state index contributed by atoms with van der Waals surface area (Å²) < 4.78 is 16.8. The molecule has 0 radical (unpaired) electrons. The molecular weight excluding hydrogens is 805 g/mol. The fraction of sp³-hybridized carbons (Fsp3) is 0.814. The number of unbranched alkanes of at least 4 members (excludes halogenated alkanes) is 32. The predicted molar refractivity (Wildman–Crippen MR) is 279 cm³/mol. The van der Waals surface area contributed by atoms with Gasteiger partial charge in [-0.25, -0.2) is 0 Å². The Kier molecular flexibility index (Phi) is 51.8. The zero-order valence-corrected chi connectivity index (χ0v) is 43.3. The van der Waals surface area contributed by atoms with E-state index in [1.165, 1.54) is 154 Å². The first-order chi connectivity index (χ1) is 32.0. The van der Waals surface area contributed by atoms with Crippen LogP contribution in [0.2, 0.25) is 0 Å². The molecule has 1 atom stereocenters. The molecule has 0 saturated heterocycles. The van der Waals surface area contributed by atoms with Crippen molar-refractivity contribution in [3.8, 4) is 0 Å². The van der Waals surface area contributed by atoms with Gasteiger partial charge in [-0.1, -0.05) is 243 Å². The Balaban J connectivity index is 4.38. The molecule has 0 aliphatic heterocycles. The molecule has 0 saturated carbocycles. The maximum atomic E-state index is 12.8. The molecule has 0 unspecified atom stereocenters. The Morgan fingerprint density at radius 2 is 0.600 bits per heavy atom. The summed E-state index contributed by atoms with van der Waals surface area (Å²) in [7, 11) is 0. The molecule has 65 heavy (non-hydrogen) atoms. The summed E-state index contributed by atoms with van der Waals surface area (Å²) in [5.41, 5.74) is 0. The van der Waals surface area contributed by atoms with Gasteiger partial charge >= 0.3 is 17.9 Å². The van der Waals surface area contributed by atoms with E-state index in [-0.39, 0.29) is 31.1 Å². The van der Waals surface area contributed by atoms with Gasteiger partial charge in [0.2, 0.25) is 0 Å². The van der Waals surface area contributed by atoms with Crippen LogP contribution in [0.3, 0.4) is 0 Å². The van der Waals surface area contributed by atoms with Crippen LogP contribution in [0.1, 0.15) is 290 Å². The fourth-order valence-corrected chi connectivity index (χ4v) is 8.10. The number of rotatable bonds is 51. The highest BCUT2D eigenvalue weighted by Gasteiger charge is 2.19. The van der Waals surface area contributed by atoms with Gasteiger partial charge in [0.1, 0.15) is 13.2 Å². The molecule has 0 aromatic heterocycles. The highest BCUT2D eigenvalue weighted by molar-refractivity contribution is 5.71. The summed E-state index contributed by atoms with van der Waals surface area (Å²) in [4.78, 5) is 38.1.